The van der Waals surface area contributed by atoms with Crippen LogP contribution in [-0.4, -0.2) is 27.2 Å². The molecular weight excluding hydrogens is 415 g/mol. The molecule has 1 aliphatic rings. The average molecular weight is 439 g/mol. The number of hydrogen-bond donors (Lipinski definition) is 1. The van der Waals surface area contributed by atoms with Gasteiger partial charge in [0.1, 0.15) is 17.6 Å². The highest BCUT2D eigenvalue weighted by atomic mass is 32.2. The molecule has 1 unspecified atom stereocenters. The van der Waals surface area contributed by atoms with Gasteiger partial charge in [0, 0.05) is 17.0 Å². The lowest BCUT2D eigenvalue weighted by Gasteiger charge is -2.28. The summed E-state index contributed by atoms with van der Waals surface area (Å²) < 4.78 is 21.2. The Bertz CT molecular complexity index is 1140. The Balaban J connectivity index is 1.67. The van der Waals surface area contributed by atoms with E-state index in [-0.39, 0.29) is 11.6 Å². The van der Waals surface area contributed by atoms with E-state index in [4.69, 9.17) is 4.74 Å². The van der Waals surface area contributed by atoms with Crippen molar-refractivity contribution in [3.05, 3.63) is 76.7 Å². The Kier molecular flexibility index (Phi) is 6.08. The summed E-state index contributed by atoms with van der Waals surface area (Å²) in [4.78, 5) is 17.1. The van der Waals surface area contributed by atoms with Crippen LogP contribution in [0.25, 0.3) is 0 Å². The molecule has 1 N–H and O–H groups in total. The molecule has 4 rings (SSSR count). The number of ether oxygens (including phenoxy) is 1. The molecule has 31 heavy (non-hydrogen) atoms. The molecule has 2 heterocycles. The van der Waals surface area contributed by atoms with Gasteiger partial charge in [0.2, 0.25) is 11.1 Å². The number of fused-ring (bicyclic) bond motifs is 1. The number of benzene rings is 2. The lowest BCUT2D eigenvalue weighted by molar-refractivity contribution is -0.114. The smallest absolute Gasteiger partial charge is 0.227 e. The summed E-state index contributed by atoms with van der Waals surface area (Å²) in [6.45, 7) is 5.93. The maximum Gasteiger partial charge on any atom is 0.227 e. The second-order valence-corrected chi connectivity index (χ2v) is 8.11. The molecule has 1 aliphatic heterocycles. The summed E-state index contributed by atoms with van der Waals surface area (Å²) in [6, 6.07) is 13.9. The fourth-order valence-electron chi connectivity index (χ4n) is 3.63. The summed E-state index contributed by atoms with van der Waals surface area (Å²) in [7, 11) is 0. The number of rotatable bonds is 7. The third kappa shape index (κ3) is 4.34. The van der Waals surface area contributed by atoms with E-state index in [0.717, 1.165) is 17.0 Å². The van der Waals surface area contributed by atoms with Gasteiger partial charge in [0.15, 0.2) is 5.78 Å². The fraction of sp³-hybridized carbons (Fsp3) is 0.261. The minimum Gasteiger partial charge on any atom is -0.494 e. The van der Waals surface area contributed by atoms with Crippen molar-refractivity contribution in [1.82, 2.24) is 14.8 Å². The summed E-state index contributed by atoms with van der Waals surface area (Å²) >= 11 is 1.35. The normalized spacial score (nSPS) is 15.4. The molecule has 3 aromatic rings. The van der Waals surface area contributed by atoms with E-state index >= 15 is 0 Å². The van der Waals surface area contributed by atoms with Crippen LogP contribution >= 0.6 is 11.8 Å². The first kappa shape index (κ1) is 21.1. The van der Waals surface area contributed by atoms with Crippen LogP contribution < -0.4 is 10.1 Å². The van der Waals surface area contributed by atoms with Crippen molar-refractivity contribution in [3.8, 4) is 5.75 Å². The lowest BCUT2D eigenvalue weighted by atomic mass is 9.93. The highest BCUT2D eigenvalue weighted by Gasteiger charge is 2.32. The quantitative estimate of drug-likeness (QED) is 0.525. The third-order valence-corrected chi connectivity index (χ3v) is 5.92. The van der Waals surface area contributed by atoms with E-state index in [9.17, 15) is 9.18 Å². The van der Waals surface area contributed by atoms with Gasteiger partial charge in [0.05, 0.1) is 6.61 Å². The van der Waals surface area contributed by atoms with Crippen molar-refractivity contribution in [3.63, 3.8) is 0 Å². The van der Waals surface area contributed by atoms with Crippen LogP contribution in [0.3, 0.4) is 0 Å². The van der Waals surface area contributed by atoms with E-state index in [0.29, 0.717) is 34.6 Å². The zero-order chi connectivity index (χ0) is 22.0. The largest absolute Gasteiger partial charge is 0.494 e. The van der Waals surface area contributed by atoms with Gasteiger partial charge in [-0.25, -0.2) is 9.07 Å². The van der Waals surface area contributed by atoms with Crippen LogP contribution in [0.5, 0.6) is 5.75 Å². The van der Waals surface area contributed by atoms with Gasteiger partial charge in [-0.15, -0.1) is 5.10 Å². The molecule has 160 valence electrons. The lowest BCUT2D eigenvalue weighted by Crippen LogP contribution is -2.27. The molecule has 0 spiro atoms. The number of nitrogens with zero attached hydrogens (tertiary/aromatic N) is 3. The Hall–Kier alpha value is -3.13. The monoisotopic (exact) mass is 438 g/mol. The van der Waals surface area contributed by atoms with Crippen molar-refractivity contribution >= 4 is 23.5 Å². The first-order valence-corrected chi connectivity index (χ1v) is 11.0. The van der Waals surface area contributed by atoms with Crippen molar-refractivity contribution in [1.29, 1.82) is 0 Å². The van der Waals surface area contributed by atoms with Gasteiger partial charge in [-0.2, -0.15) is 4.98 Å². The van der Waals surface area contributed by atoms with E-state index in [1.165, 1.54) is 17.8 Å². The minimum atomic E-state index is -0.403. The number of nitrogens with one attached hydrogen (secondary N) is 1. The molecule has 0 fully saturated rings. The number of carbonyl (C=O) groups is 1. The van der Waals surface area contributed by atoms with Crippen molar-refractivity contribution in [2.75, 3.05) is 11.9 Å². The molecule has 0 aliphatic carbocycles. The molecule has 8 heteroatoms. The Morgan fingerprint density at radius 2 is 1.97 bits per heavy atom. The summed E-state index contributed by atoms with van der Waals surface area (Å²) in [6.07, 6.45) is 0. The zero-order valence-corrected chi connectivity index (χ0v) is 18.4. The second-order valence-electron chi connectivity index (χ2n) is 7.17. The number of carbonyl (C=O) groups excluding carboxylic acids is 1. The number of aromatic nitrogens is 3. The van der Waals surface area contributed by atoms with Gasteiger partial charge < -0.3 is 10.1 Å². The van der Waals surface area contributed by atoms with Crippen molar-refractivity contribution < 1.29 is 13.9 Å². The maximum absolute atomic E-state index is 14.0. The number of hydrogen-bond acceptors (Lipinski definition) is 6. The van der Waals surface area contributed by atoms with Crippen molar-refractivity contribution in [2.45, 2.75) is 37.7 Å². The highest BCUT2D eigenvalue weighted by Crippen LogP contribution is 2.37. The van der Waals surface area contributed by atoms with E-state index < -0.39 is 6.04 Å². The van der Waals surface area contributed by atoms with Crippen LogP contribution in [0.15, 0.2) is 65.0 Å². The average Bonchev–Trinajstić information content (AvgIpc) is 3.15. The van der Waals surface area contributed by atoms with E-state index in [1.54, 1.807) is 29.8 Å². The molecule has 0 radical (unpaired) electrons. The van der Waals surface area contributed by atoms with Gasteiger partial charge in [-0.05, 0) is 50.1 Å². The summed E-state index contributed by atoms with van der Waals surface area (Å²) in [5.74, 6) is 1.45. The number of allylic oxidation sites excluding steroid dienone is 2. The van der Waals surface area contributed by atoms with Crippen LogP contribution in [0.2, 0.25) is 0 Å². The van der Waals surface area contributed by atoms with Crippen LogP contribution in [0, 0.1) is 5.82 Å². The Morgan fingerprint density at radius 1 is 1.23 bits per heavy atom. The number of ketones is 1. The summed E-state index contributed by atoms with van der Waals surface area (Å²) in [5, 5.41) is 8.35. The molecule has 1 atom stereocenters. The number of Topliss-reactive ketones (excluding diaryl/α,β-unsaturated/α-hetero) is 1. The van der Waals surface area contributed by atoms with E-state index in [1.807, 2.05) is 38.1 Å². The molecule has 0 saturated carbocycles. The third-order valence-electron chi connectivity index (χ3n) is 5.03. The molecule has 6 nitrogen and oxygen atoms in total. The zero-order valence-electron chi connectivity index (χ0n) is 17.6. The molecule has 0 saturated heterocycles. The molecule has 0 amide bonds. The Labute approximate surface area is 184 Å². The van der Waals surface area contributed by atoms with Crippen LogP contribution in [0.4, 0.5) is 10.3 Å². The van der Waals surface area contributed by atoms with Crippen LogP contribution in [-0.2, 0) is 10.5 Å². The molecule has 1 aromatic heterocycles. The summed E-state index contributed by atoms with van der Waals surface area (Å²) in [5.41, 5.74) is 2.88. The van der Waals surface area contributed by atoms with Crippen molar-refractivity contribution in [2.24, 2.45) is 0 Å². The minimum absolute atomic E-state index is 0.0365. The highest BCUT2D eigenvalue weighted by molar-refractivity contribution is 7.98. The van der Waals surface area contributed by atoms with Gasteiger partial charge in [-0.1, -0.05) is 42.1 Å². The molecular formula is C23H23FN4O2S. The Morgan fingerprint density at radius 3 is 2.65 bits per heavy atom. The first-order chi connectivity index (χ1) is 15.0. The number of halogens is 1. The second kappa shape index (κ2) is 8.93. The van der Waals surface area contributed by atoms with Gasteiger partial charge >= 0.3 is 0 Å². The van der Waals surface area contributed by atoms with Gasteiger partial charge in [0.25, 0.3) is 0 Å². The SMILES string of the molecule is CCOc1ccc(C2C(C(C)=O)=C(C)Nc3nc(SCc4ccccc4F)nn32)cc1. The number of anilines is 1. The maximum atomic E-state index is 14.0. The van der Waals surface area contributed by atoms with Crippen LogP contribution in [0.1, 0.15) is 37.9 Å². The first-order valence-electron chi connectivity index (χ1n) is 10.0. The van der Waals surface area contributed by atoms with E-state index in [2.05, 4.69) is 15.4 Å². The number of thioether (sulfide) groups is 1. The fourth-order valence-corrected chi connectivity index (χ4v) is 4.44. The molecule has 2 aromatic carbocycles. The topological polar surface area (TPSA) is 69.0 Å². The molecule has 0 bridgehead atoms. The van der Waals surface area contributed by atoms with Gasteiger partial charge in [-0.3, -0.25) is 4.79 Å². The predicted molar refractivity (Wildman–Crippen MR) is 119 cm³/mol. The standard InChI is InChI=1S/C23H23FN4O2S/c1-4-30-18-11-9-16(10-12-18)21-20(15(3)29)14(2)25-22-26-23(27-28(21)22)31-13-17-7-5-6-8-19(17)24/h5-12,21H,4,13H2,1-3H3,(H,25,26,27). The predicted octanol–water partition coefficient (Wildman–Crippen LogP) is 4.99.